The van der Waals surface area contributed by atoms with Gasteiger partial charge >= 0.3 is 0 Å². The number of rotatable bonds is 5. The number of ether oxygens (including phenoxy) is 1. The van der Waals surface area contributed by atoms with E-state index in [2.05, 4.69) is 151 Å². The molecule has 0 bridgehead atoms. The van der Waals surface area contributed by atoms with E-state index in [1.807, 2.05) is 47.3 Å². The number of pyridine rings is 2. The van der Waals surface area contributed by atoms with Gasteiger partial charge in [-0.3, -0.25) is 4.98 Å². The number of aryl methyl sites for hydroxylation is 3. The van der Waals surface area contributed by atoms with E-state index in [0.29, 0.717) is 11.5 Å². The number of fused-ring (bicyclic) bond motifs is 11. The maximum atomic E-state index is 7.04. The molecule has 0 N–H and O–H groups in total. The van der Waals surface area contributed by atoms with Crippen molar-refractivity contribution in [3.8, 4) is 17.2 Å². The molecule has 0 saturated heterocycles. The van der Waals surface area contributed by atoms with Gasteiger partial charge in [-0.25, -0.2) is 4.98 Å². The SMILES string of the molecule is Cc1cc(C)c(N2[CH-]N(c3[c-]c(Oc4[c-]c5c(c6cccnc6n6ccnc56)c5c6ccccc6n(-c6ccccc6)c45)ccc3)c3ccccc32)c(C)c1.[Pt]. The topological polar surface area (TPSA) is 50.8 Å². The van der Waals surface area contributed by atoms with Crippen LogP contribution in [0.2, 0.25) is 0 Å². The molecule has 0 saturated carbocycles. The van der Waals surface area contributed by atoms with Crippen LogP contribution in [0.15, 0.2) is 140 Å². The molecule has 56 heavy (non-hydrogen) atoms. The molecule has 1 aliphatic rings. The summed E-state index contributed by atoms with van der Waals surface area (Å²) in [5.41, 5.74) is 12.6. The molecule has 0 atom stereocenters. The normalized spacial score (nSPS) is 12.6. The van der Waals surface area contributed by atoms with Crippen molar-refractivity contribution in [1.29, 1.82) is 0 Å². The van der Waals surface area contributed by atoms with E-state index in [4.69, 9.17) is 14.7 Å². The largest absolute Gasteiger partial charge is 0.501 e. The van der Waals surface area contributed by atoms with Crippen LogP contribution in [-0.4, -0.2) is 18.9 Å². The van der Waals surface area contributed by atoms with Gasteiger partial charge in [-0.1, -0.05) is 94.5 Å². The van der Waals surface area contributed by atoms with Gasteiger partial charge in [0.15, 0.2) is 0 Å². The van der Waals surface area contributed by atoms with Gasteiger partial charge in [0.1, 0.15) is 5.65 Å². The molecule has 0 unspecified atom stereocenters. The van der Waals surface area contributed by atoms with Crippen LogP contribution < -0.4 is 14.5 Å². The third-order valence-corrected chi connectivity index (χ3v) is 10.7. The van der Waals surface area contributed by atoms with Crippen molar-refractivity contribution in [1.82, 2.24) is 18.9 Å². The van der Waals surface area contributed by atoms with Crippen molar-refractivity contribution < 1.29 is 25.8 Å². The molecule has 11 rings (SSSR count). The fourth-order valence-electron chi connectivity index (χ4n) is 8.65. The summed E-state index contributed by atoms with van der Waals surface area (Å²) in [6.07, 6.45) is 5.61. The van der Waals surface area contributed by atoms with Gasteiger partial charge in [-0.15, -0.1) is 30.6 Å². The number of hydrogen-bond donors (Lipinski definition) is 0. The second-order valence-electron chi connectivity index (χ2n) is 14.2. The Morgan fingerprint density at radius 2 is 1.36 bits per heavy atom. The van der Waals surface area contributed by atoms with Crippen molar-refractivity contribution in [2.75, 3.05) is 9.80 Å². The van der Waals surface area contributed by atoms with Gasteiger partial charge in [0.25, 0.3) is 0 Å². The van der Waals surface area contributed by atoms with E-state index >= 15 is 0 Å². The smallest absolute Gasteiger partial charge is 0.128 e. The van der Waals surface area contributed by atoms with Crippen LogP contribution in [-0.2, 0) is 21.1 Å². The summed E-state index contributed by atoms with van der Waals surface area (Å²) >= 11 is 0. The second-order valence-corrected chi connectivity index (χ2v) is 14.2. The number of imidazole rings is 1. The Morgan fingerprint density at radius 3 is 2.18 bits per heavy atom. The van der Waals surface area contributed by atoms with E-state index in [-0.39, 0.29) is 21.1 Å². The summed E-state index contributed by atoms with van der Waals surface area (Å²) < 4.78 is 11.4. The third kappa shape index (κ3) is 5.08. The first-order valence-corrected chi connectivity index (χ1v) is 18.4. The predicted molar refractivity (Wildman–Crippen MR) is 222 cm³/mol. The maximum Gasteiger partial charge on any atom is 0.128 e. The van der Waals surface area contributed by atoms with Gasteiger partial charge in [0, 0.05) is 79.2 Å². The fraction of sp³-hybridized carbons (Fsp3) is 0.0625. The third-order valence-electron chi connectivity index (χ3n) is 10.7. The zero-order valence-electron chi connectivity index (χ0n) is 30.8. The minimum atomic E-state index is 0. The Morgan fingerprint density at radius 1 is 0.643 bits per heavy atom. The van der Waals surface area contributed by atoms with Gasteiger partial charge in [0.2, 0.25) is 0 Å². The van der Waals surface area contributed by atoms with Crippen LogP contribution >= 0.6 is 0 Å². The molecule has 10 aromatic rings. The Labute approximate surface area is 338 Å². The standard InChI is InChI=1S/C48H33N6O.Pt/c1-30-25-31(2)45(32(3)26-30)53-29-52(40-20-9-10-21-41(40)53)34-15-11-16-35(27-34)55-42-28-38-43(37-18-12-22-49-47(37)51-24-23-50-48(38)51)44-36-17-7-8-19-39(36)54(46(42)44)33-13-5-4-6-14-33;/h4-26,29H,1-3H3;/q-3;. The van der Waals surface area contributed by atoms with Crippen LogP contribution in [0.3, 0.4) is 0 Å². The van der Waals surface area contributed by atoms with Crippen LogP contribution in [0.5, 0.6) is 11.5 Å². The first kappa shape index (κ1) is 34.1. The van der Waals surface area contributed by atoms with Crippen molar-refractivity contribution >= 4 is 72.0 Å². The molecule has 274 valence electrons. The average molecular weight is 905 g/mol. The first-order chi connectivity index (χ1) is 27.0. The number of nitrogens with zero attached hydrogens (tertiary/aromatic N) is 6. The maximum absolute atomic E-state index is 7.04. The fourth-order valence-corrected chi connectivity index (χ4v) is 8.65. The van der Waals surface area contributed by atoms with Crippen LogP contribution in [0.1, 0.15) is 16.7 Å². The summed E-state index contributed by atoms with van der Waals surface area (Å²) in [6.45, 7) is 8.67. The first-order valence-electron chi connectivity index (χ1n) is 18.4. The molecular formula is C48H33N6OPt-3. The molecule has 8 heteroatoms. The summed E-state index contributed by atoms with van der Waals surface area (Å²) in [4.78, 5) is 14.1. The van der Waals surface area contributed by atoms with Gasteiger partial charge in [0.05, 0.1) is 11.4 Å². The molecule has 0 aliphatic carbocycles. The number of hydrogen-bond acceptors (Lipinski definition) is 5. The van der Waals surface area contributed by atoms with Gasteiger partial charge in [-0.2, -0.15) is 6.07 Å². The zero-order valence-corrected chi connectivity index (χ0v) is 33.0. The molecule has 7 nitrogen and oxygen atoms in total. The van der Waals surface area contributed by atoms with E-state index < -0.39 is 0 Å². The van der Waals surface area contributed by atoms with Crippen molar-refractivity contribution in [2.45, 2.75) is 20.8 Å². The van der Waals surface area contributed by atoms with E-state index in [1.165, 1.54) is 22.4 Å². The van der Waals surface area contributed by atoms with E-state index in [0.717, 1.165) is 72.0 Å². The molecule has 0 fully saturated rings. The van der Waals surface area contributed by atoms with Gasteiger partial charge in [-0.05, 0) is 79.1 Å². The molecular weight excluding hydrogens is 872 g/mol. The Kier molecular flexibility index (Phi) is 7.98. The Hall–Kier alpha value is -6.43. The molecule has 6 aromatic carbocycles. The summed E-state index contributed by atoms with van der Waals surface area (Å²) in [7, 11) is 0. The molecule has 4 aromatic heterocycles. The molecule has 0 radical (unpaired) electrons. The Balaban J connectivity index is 0.00000384. The second kappa shape index (κ2) is 13.1. The molecule has 1 aliphatic heterocycles. The monoisotopic (exact) mass is 904 g/mol. The zero-order chi connectivity index (χ0) is 36.8. The van der Waals surface area contributed by atoms with Crippen LogP contribution in [0.25, 0.3) is 54.9 Å². The number of aromatic nitrogens is 4. The van der Waals surface area contributed by atoms with Crippen molar-refractivity contribution in [3.05, 3.63) is 175 Å². The summed E-state index contributed by atoms with van der Waals surface area (Å²) in [5.74, 6) is 1.16. The van der Waals surface area contributed by atoms with E-state index in [9.17, 15) is 0 Å². The van der Waals surface area contributed by atoms with Crippen molar-refractivity contribution in [3.63, 3.8) is 0 Å². The average Bonchev–Trinajstić information content (AvgIpc) is 3.94. The molecule has 0 amide bonds. The quantitative estimate of drug-likeness (QED) is 0.127. The van der Waals surface area contributed by atoms with Crippen LogP contribution in [0.4, 0.5) is 22.7 Å². The minimum Gasteiger partial charge on any atom is -0.501 e. The summed E-state index contributed by atoms with van der Waals surface area (Å²) in [6, 6.07) is 49.6. The number of para-hydroxylation sites is 4. The predicted octanol–water partition coefficient (Wildman–Crippen LogP) is 11.9. The van der Waals surface area contributed by atoms with Crippen molar-refractivity contribution in [2.24, 2.45) is 0 Å². The number of benzene rings is 6. The van der Waals surface area contributed by atoms with Gasteiger partial charge < -0.3 is 23.5 Å². The minimum absolute atomic E-state index is 0. The molecule has 0 spiro atoms. The van der Waals surface area contributed by atoms with Crippen LogP contribution in [0, 0.1) is 39.6 Å². The summed E-state index contributed by atoms with van der Waals surface area (Å²) in [5, 5.41) is 5.09. The van der Waals surface area contributed by atoms with E-state index in [1.54, 1.807) is 0 Å². The molecule has 5 heterocycles. The Bertz CT molecular complexity index is 3140. The number of anilines is 4.